The quantitative estimate of drug-likeness (QED) is 0.887. The fraction of sp³-hybridized carbons (Fsp3) is 0.167. The molecule has 0 unspecified atom stereocenters. The number of nitrogens with two attached hydrogens (primary N) is 1. The van der Waals surface area contributed by atoms with Crippen molar-refractivity contribution in [2.24, 2.45) is 0 Å². The molecule has 0 saturated heterocycles. The topological polar surface area (TPSA) is 60.9 Å². The summed E-state index contributed by atoms with van der Waals surface area (Å²) in [5, 5.41) is 4.89. The van der Waals surface area contributed by atoms with E-state index in [9.17, 15) is 4.79 Å². The highest BCUT2D eigenvalue weighted by atomic mass is 35.5. The Hall–Kier alpha value is -1.81. The number of anilines is 1. The molecule has 5 heteroatoms. The van der Waals surface area contributed by atoms with Gasteiger partial charge in [0.1, 0.15) is 5.69 Å². The van der Waals surface area contributed by atoms with E-state index in [1.165, 1.54) is 4.68 Å². The summed E-state index contributed by atoms with van der Waals surface area (Å²) in [6.45, 7) is 2.34. The van der Waals surface area contributed by atoms with Crippen LogP contribution in [0.25, 0.3) is 11.3 Å². The monoisotopic (exact) mass is 249 g/mol. The number of nitrogens with zero attached hydrogens (tertiary/aromatic N) is 2. The number of halogens is 1. The van der Waals surface area contributed by atoms with E-state index in [-0.39, 0.29) is 11.2 Å². The van der Waals surface area contributed by atoms with E-state index >= 15 is 0 Å². The van der Waals surface area contributed by atoms with Crippen LogP contribution in [0.1, 0.15) is 6.92 Å². The van der Waals surface area contributed by atoms with Gasteiger partial charge in [0, 0.05) is 17.1 Å². The maximum Gasteiger partial charge on any atom is 0.289 e. The van der Waals surface area contributed by atoms with Crippen molar-refractivity contribution in [1.29, 1.82) is 0 Å². The van der Waals surface area contributed by atoms with Crippen molar-refractivity contribution in [2.45, 2.75) is 13.5 Å². The predicted molar refractivity (Wildman–Crippen MR) is 69.0 cm³/mol. The summed E-state index contributed by atoms with van der Waals surface area (Å²) in [6, 6.07) is 8.81. The van der Waals surface area contributed by atoms with Crippen LogP contribution in [-0.4, -0.2) is 9.78 Å². The second kappa shape index (κ2) is 4.59. The second-order valence-electron chi connectivity index (χ2n) is 3.61. The standard InChI is InChI=1S/C12H12ClN3O/c1-2-16-12(17)10(14)7-11(15-16)8-3-5-9(13)6-4-8/h3-7H,2,14H2,1H3. The van der Waals surface area contributed by atoms with Crippen LogP contribution in [0.5, 0.6) is 0 Å². The van der Waals surface area contributed by atoms with Crippen LogP contribution < -0.4 is 11.3 Å². The number of hydrogen-bond acceptors (Lipinski definition) is 3. The van der Waals surface area contributed by atoms with Crippen molar-refractivity contribution in [2.75, 3.05) is 5.73 Å². The Bertz CT molecular complexity index is 590. The molecule has 2 rings (SSSR count). The molecule has 0 saturated carbocycles. The molecule has 0 spiro atoms. The summed E-state index contributed by atoms with van der Waals surface area (Å²) in [5.74, 6) is 0. The zero-order valence-electron chi connectivity index (χ0n) is 9.35. The number of nitrogen functional groups attached to an aromatic ring is 1. The third-order valence-electron chi connectivity index (χ3n) is 2.44. The number of aromatic nitrogens is 2. The van der Waals surface area contributed by atoms with Gasteiger partial charge >= 0.3 is 0 Å². The molecule has 0 bridgehead atoms. The van der Waals surface area contributed by atoms with E-state index in [0.717, 1.165) is 5.56 Å². The van der Waals surface area contributed by atoms with Gasteiger partial charge in [-0.2, -0.15) is 5.10 Å². The number of benzene rings is 1. The lowest BCUT2D eigenvalue weighted by Gasteiger charge is -2.06. The van der Waals surface area contributed by atoms with Crippen LogP contribution >= 0.6 is 11.6 Å². The highest BCUT2D eigenvalue weighted by molar-refractivity contribution is 6.30. The van der Waals surface area contributed by atoms with Gasteiger partial charge in [-0.25, -0.2) is 4.68 Å². The molecule has 0 radical (unpaired) electrons. The molecular formula is C12H12ClN3O. The van der Waals surface area contributed by atoms with Crippen LogP contribution in [0.15, 0.2) is 35.1 Å². The molecule has 1 heterocycles. The molecule has 0 aliphatic rings. The average molecular weight is 250 g/mol. The fourth-order valence-corrected chi connectivity index (χ4v) is 1.66. The predicted octanol–water partition coefficient (Wildman–Crippen LogP) is 2.17. The molecular weight excluding hydrogens is 238 g/mol. The zero-order valence-corrected chi connectivity index (χ0v) is 10.1. The van der Waals surface area contributed by atoms with E-state index in [2.05, 4.69) is 5.10 Å². The van der Waals surface area contributed by atoms with E-state index in [1.54, 1.807) is 18.2 Å². The van der Waals surface area contributed by atoms with Crippen LogP contribution in [-0.2, 0) is 6.54 Å². The average Bonchev–Trinajstić information content (AvgIpc) is 2.33. The van der Waals surface area contributed by atoms with Crippen LogP contribution in [0.3, 0.4) is 0 Å². The Morgan fingerprint density at radius 1 is 1.35 bits per heavy atom. The highest BCUT2D eigenvalue weighted by Crippen LogP contribution is 2.19. The van der Waals surface area contributed by atoms with Crippen LogP contribution in [0.2, 0.25) is 5.02 Å². The number of hydrogen-bond donors (Lipinski definition) is 1. The third-order valence-corrected chi connectivity index (χ3v) is 2.69. The first-order valence-electron chi connectivity index (χ1n) is 5.25. The van der Waals surface area contributed by atoms with Crippen LogP contribution in [0.4, 0.5) is 5.69 Å². The van der Waals surface area contributed by atoms with Gasteiger partial charge in [0.15, 0.2) is 0 Å². The first-order chi connectivity index (χ1) is 8.11. The molecule has 2 N–H and O–H groups in total. The van der Waals surface area contributed by atoms with Gasteiger partial charge in [0.05, 0.1) is 5.69 Å². The zero-order chi connectivity index (χ0) is 12.4. The fourth-order valence-electron chi connectivity index (χ4n) is 1.54. The van der Waals surface area contributed by atoms with Gasteiger partial charge < -0.3 is 5.73 Å². The maximum absolute atomic E-state index is 11.6. The number of rotatable bonds is 2. The van der Waals surface area contributed by atoms with Gasteiger partial charge in [-0.1, -0.05) is 23.7 Å². The van der Waals surface area contributed by atoms with Gasteiger partial charge in [-0.3, -0.25) is 4.79 Å². The molecule has 0 atom stereocenters. The summed E-state index contributed by atoms with van der Waals surface area (Å²) < 4.78 is 1.35. The second-order valence-corrected chi connectivity index (χ2v) is 4.05. The SMILES string of the molecule is CCn1nc(-c2ccc(Cl)cc2)cc(N)c1=O. The van der Waals surface area contributed by atoms with Crippen molar-refractivity contribution in [3.05, 3.63) is 45.7 Å². The van der Waals surface area contributed by atoms with Gasteiger partial charge in [0.25, 0.3) is 5.56 Å². The largest absolute Gasteiger partial charge is 0.394 e. The Labute approximate surface area is 104 Å². The summed E-state index contributed by atoms with van der Waals surface area (Å²) in [5.41, 5.74) is 7.15. The van der Waals surface area contributed by atoms with Crippen molar-refractivity contribution >= 4 is 17.3 Å². The Balaban J connectivity index is 2.56. The van der Waals surface area contributed by atoms with Crippen molar-refractivity contribution in [3.63, 3.8) is 0 Å². The maximum atomic E-state index is 11.6. The Morgan fingerprint density at radius 2 is 2.00 bits per heavy atom. The Morgan fingerprint density at radius 3 is 2.59 bits per heavy atom. The lowest BCUT2D eigenvalue weighted by molar-refractivity contribution is 0.621. The lowest BCUT2D eigenvalue weighted by atomic mass is 10.1. The van der Waals surface area contributed by atoms with E-state index in [4.69, 9.17) is 17.3 Å². The molecule has 88 valence electrons. The molecule has 0 aliphatic carbocycles. The molecule has 2 aromatic rings. The van der Waals surface area contributed by atoms with Crippen LogP contribution in [0, 0.1) is 0 Å². The highest BCUT2D eigenvalue weighted by Gasteiger charge is 2.06. The number of aryl methyl sites for hydroxylation is 1. The summed E-state index contributed by atoms with van der Waals surface area (Å²) in [6.07, 6.45) is 0. The van der Waals surface area contributed by atoms with E-state index < -0.39 is 0 Å². The molecule has 17 heavy (non-hydrogen) atoms. The summed E-state index contributed by atoms with van der Waals surface area (Å²) in [4.78, 5) is 11.6. The molecule has 0 fully saturated rings. The smallest absolute Gasteiger partial charge is 0.289 e. The van der Waals surface area contributed by atoms with E-state index in [0.29, 0.717) is 17.3 Å². The van der Waals surface area contributed by atoms with E-state index in [1.807, 2.05) is 19.1 Å². The van der Waals surface area contributed by atoms with Crippen molar-refractivity contribution in [3.8, 4) is 11.3 Å². The van der Waals surface area contributed by atoms with Crippen molar-refractivity contribution < 1.29 is 0 Å². The molecule has 0 amide bonds. The normalized spacial score (nSPS) is 10.5. The molecule has 4 nitrogen and oxygen atoms in total. The minimum Gasteiger partial charge on any atom is -0.394 e. The van der Waals surface area contributed by atoms with Gasteiger partial charge in [-0.15, -0.1) is 0 Å². The summed E-state index contributed by atoms with van der Waals surface area (Å²) >= 11 is 5.81. The first-order valence-corrected chi connectivity index (χ1v) is 5.63. The lowest BCUT2D eigenvalue weighted by Crippen LogP contribution is -2.24. The van der Waals surface area contributed by atoms with Gasteiger partial charge in [-0.05, 0) is 25.1 Å². The summed E-state index contributed by atoms with van der Waals surface area (Å²) in [7, 11) is 0. The van der Waals surface area contributed by atoms with Gasteiger partial charge in [0.2, 0.25) is 0 Å². The Kier molecular flexibility index (Phi) is 3.15. The van der Waals surface area contributed by atoms with Crippen molar-refractivity contribution in [1.82, 2.24) is 9.78 Å². The molecule has 1 aromatic carbocycles. The minimum atomic E-state index is -0.259. The first kappa shape index (κ1) is 11.7. The molecule has 0 aliphatic heterocycles. The molecule has 1 aromatic heterocycles. The third kappa shape index (κ3) is 2.31. The minimum absolute atomic E-state index is 0.201.